The number of aliphatic hydroxyl groups is 1. The Bertz CT molecular complexity index is 1550. The van der Waals surface area contributed by atoms with Gasteiger partial charge in [0.1, 0.15) is 17.5 Å². The molecule has 218 valence electrons. The lowest BCUT2D eigenvalue weighted by Crippen LogP contribution is -2.50. The highest BCUT2D eigenvalue weighted by atomic mass is 19.1. The van der Waals surface area contributed by atoms with Crippen LogP contribution in [0.5, 0.6) is 17.4 Å². The van der Waals surface area contributed by atoms with Gasteiger partial charge in [0.25, 0.3) is 5.91 Å². The molecule has 0 fully saturated rings. The lowest BCUT2D eigenvalue weighted by atomic mass is 10.00. The van der Waals surface area contributed by atoms with Crippen LogP contribution in [-0.4, -0.2) is 77.5 Å². The Kier molecular flexibility index (Phi) is 8.45. The fraction of sp³-hybridized carbons (Fsp3) is 0.323. The number of nitrogens with one attached hydrogen (secondary N) is 1. The van der Waals surface area contributed by atoms with Crippen LogP contribution in [-0.2, 0) is 0 Å². The van der Waals surface area contributed by atoms with E-state index in [0.29, 0.717) is 28.3 Å². The number of benzene rings is 2. The predicted octanol–water partition coefficient (Wildman–Crippen LogP) is 3.73. The topological polar surface area (TPSA) is 113 Å². The van der Waals surface area contributed by atoms with E-state index in [9.17, 15) is 19.1 Å². The van der Waals surface area contributed by atoms with Gasteiger partial charge in [-0.15, -0.1) is 0 Å². The van der Waals surface area contributed by atoms with Crippen LogP contribution in [0.15, 0.2) is 54.7 Å². The minimum atomic E-state index is -0.533. The van der Waals surface area contributed by atoms with Gasteiger partial charge in [-0.05, 0) is 43.3 Å². The molecule has 3 heterocycles. The molecule has 2 N–H and O–H groups in total. The third-order valence-corrected chi connectivity index (χ3v) is 7.12. The zero-order valence-corrected chi connectivity index (χ0v) is 23.5. The van der Waals surface area contributed by atoms with Gasteiger partial charge in [-0.25, -0.2) is 14.2 Å². The van der Waals surface area contributed by atoms with Gasteiger partial charge in [0.2, 0.25) is 12.7 Å². The smallest absolute Gasteiger partial charge is 0.321 e. The first-order valence-corrected chi connectivity index (χ1v) is 13.5. The first-order valence-electron chi connectivity index (χ1n) is 13.5. The third kappa shape index (κ3) is 6.39. The Labute approximate surface area is 243 Å². The van der Waals surface area contributed by atoms with Crippen LogP contribution >= 0.6 is 0 Å². The Balaban J connectivity index is 1.38. The number of fused-ring (bicyclic) bond motifs is 2. The summed E-state index contributed by atoms with van der Waals surface area (Å²) >= 11 is 0. The van der Waals surface area contributed by atoms with Crippen molar-refractivity contribution in [3.8, 4) is 29.2 Å². The number of hydrogen-bond donors (Lipinski definition) is 2. The molecule has 2 aliphatic rings. The number of rotatable bonds is 5. The number of carbonyl (C=O) groups excluding carboxylic acids is 2. The van der Waals surface area contributed by atoms with Crippen LogP contribution in [0.1, 0.15) is 35.3 Å². The quantitative estimate of drug-likeness (QED) is 0.447. The van der Waals surface area contributed by atoms with E-state index < -0.39 is 18.0 Å². The maximum Gasteiger partial charge on any atom is 0.321 e. The van der Waals surface area contributed by atoms with Gasteiger partial charge < -0.3 is 34.4 Å². The van der Waals surface area contributed by atoms with Crippen molar-refractivity contribution >= 4 is 17.6 Å². The predicted molar refractivity (Wildman–Crippen MR) is 152 cm³/mol. The third-order valence-electron chi connectivity index (χ3n) is 7.12. The molecule has 10 nitrogen and oxygen atoms in total. The molecule has 2 aliphatic heterocycles. The van der Waals surface area contributed by atoms with E-state index in [2.05, 4.69) is 22.1 Å². The number of anilines is 1. The van der Waals surface area contributed by atoms with Crippen LogP contribution in [0, 0.1) is 23.6 Å². The molecule has 0 unspecified atom stereocenters. The molecule has 1 aromatic heterocycles. The van der Waals surface area contributed by atoms with Crippen LogP contribution in [0.25, 0.3) is 0 Å². The number of nitrogens with zero attached hydrogens (tertiary/aromatic N) is 3. The minimum absolute atomic E-state index is 0.104. The lowest BCUT2D eigenvalue weighted by Gasteiger charge is -2.37. The summed E-state index contributed by atoms with van der Waals surface area (Å²) in [4.78, 5) is 34.2. The van der Waals surface area contributed by atoms with Crippen molar-refractivity contribution in [2.24, 2.45) is 5.92 Å². The van der Waals surface area contributed by atoms with Crippen LogP contribution in [0.2, 0.25) is 0 Å². The van der Waals surface area contributed by atoms with Crippen LogP contribution in [0.4, 0.5) is 14.9 Å². The van der Waals surface area contributed by atoms with E-state index in [1.54, 1.807) is 55.3 Å². The van der Waals surface area contributed by atoms with Gasteiger partial charge in [-0.3, -0.25) is 4.79 Å². The maximum atomic E-state index is 13.6. The van der Waals surface area contributed by atoms with Crippen LogP contribution < -0.4 is 19.5 Å². The zero-order valence-electron chi connectivity index (χ0n) is 23.5. The molecule has 0 aliphatic carbocycles. The number of urea groups is 1. The minimum Gasteiger partial charge on any atom is -0.472 e. The van der Waals surface area contributed by atoms with Crippen molar-refractivity contribution in [2.75, 3.05) is 38.9 Å². The normalized spacial score (nSPS) is 18.0. The molecule has 5 rings (SSSR count). The Morgan fingerprint density at radius 2 is 1.98 bits per heavy atom. The highest BCUT2D eigenvalue weighted by molar-refractivity contribution is 5.97. The van der Waals surface area contributed by atoms with Gasteiger partial charge in [-0.1, -0.05) is 24.8 Å². The van der Waals surface area contributed by atoms with Gasteiger partial charge in [0.15, 0.2) is 11.5 Å². The molecular formula is C31H31FN4O6. The van der Waals surface area contributed by atoms with E-state index in [4.69, 9.17) is 14.2 Å². The number of carbonyl (C=O) groups is 2. The number of aliphatic hydroxyl groups excluding tert-OH is 1. The average molecular weight is 575 g/mol. The average Bonchev–Trinajstić information content (AvgIpc) is 3.45. The molecule has 3 amide bonds. The zero-order chi connectivity index (χ0) is 29.8. The highest BCUT2D eigenvalue weighted by Gasteiger charge is 2.34. The number of hydrogen-bond acceptors (Lipinski definition) is 7. The molecule has 0 saturated carbocycles. The number of ether oxygens (including phenoxy) is 3. The first-order chi connectivity index (χ1) is 20.2. The Hall–Kier alpha value is -4.82. The molecule has 42 heavy (non-hydrogen) atoms. The number of pyridine rings is 1. The number of halogens is 1. The van der Waals surface area contributed by atoms with Crippen molar-refractivity contribution in [3.63, 3.8) is 0 Å². The second kappa shape index (κ2) is 12.4. The largest absolute Gasteiger partial charge is 0.472 e. The van der Waals surface area contributed by atoms with Gasteiger partial charge in [0.05, 0.1) is 19.2 Å². The molecular weight excluding hydrogens is 543 g/mol. The molecule has 0 bridgehead atoms. The van der Waals surface area contributed by atoms with Crippen molar-refractivity contribution in [3.05, 3.63) is 77.2 Å². The summed E-state index contributed by atoms with van der Waals surface area (Å²) < 4.78 is 30.5. The number of amides is 3. The second-order valence-corrected chi connectivity index (χ2v) is 10.3. The molecule has 11 heteroatoms. The molecule has 0 radical (unpaired) electrons. The monoisotopic (exact) mass is 574 g/mol. The molecule has 3 atom stereocenters. The fourth-order valence-electron chi connectivity index (χ4n) is 4.65. The standard InChI is InChI=1S/C31H31FN4O6/c1-19-15-36(20(2)17-37)30(38)25-12-22(8-7-21-5-4-6-23(32)11-21)14-33-29(25)42-28(19)16-35(3)31(39)34-24-9-10-26-27(13-24)41-18-40-26/h4-6,9-14,19-20,28,37H,15-18H2,1-3H3,(H,34,39)/t19-,20+,28-/m0/s1. The van der Waals surface area contributed by atoms with E-state index in [0.717, 1.165) is 0 Å². The molecule has 2 aromatic carbocycles. The van der Waals surface area contributed by atoms with E-state index in [1.807, 2.05) is 6.92 Å². The molecule has 0 saturated heterocycles. The van der Waals surface area contributed by atoms with E-state index in [-0.39, 0.29) is 55.8 Å². The molecule has 3 aromatic rings. The summed E-state index contributed by atoms with van der Waals surface area (Å²) in [6.07, 6.45) is 0.951. The van der Waals surface area contributed by atoms with Gasteiger partial charge in [-0.2, -0.15) is 0 Å². The maximum absolute atomic E-state index is 13.6. The summed E-state index contributed by atoms with van der Waals surface area (Å²) in [5.41, 5.74) is 1.66. The summed E-state index contributed by atoms with van der Waals surface area (Å²) in [7, 11) is 1.65. The summed E-state index contributed by atoms with van der Waals surface area (Å²) in [6, 6.07) is 11.8. The van der Waals surface area contributed by atoms with E-state index >= 15 is 0 Å². The van der Waals surface area contributed by atoms with E-state index in [1.165, 1.54) is 23.2 Å². The summed E-state index contributed by atoms with van der Waals surface area (Å²) in [5.74, 6) is 6.11. The summed E-state index contributed by atoms with van der Waals surface area (Å²) in [5, 5.41) is 12.7. The second-order valence-electron chi connectivity index (χ2n) is 10.3. The first kappa shape index (κ1) is 28.7. The van der Waals surface area contributed by atoms with Crippen molar-refractivity contribution in [1.29, 1.82) is 0 Å². The Morgan fingerprint density at radius 1 is 1.19 bits per heavy atom. The summed E-state index contributed by atoms with van der Waals surface area (Å²) in [6.45, 7) is 4.05. The van der Waals surface area contributed by atoms with Gasteiger partial charge in [0, 0.05) is 48.6 Å². The van der Waals surface area contributed by atoms with Crippen molar-refractivity contribution in [2.45, 2.75) is 26.0 Å². The van der Waals surface area contributed by atoms with Crippen molar-refractivity contribution in [1.82, 2.24) is 14.8 Å². The van der Waals surface area contributed by atoms with Gasteiger partial charge >= 0.3 is 6.03 Å². The lowest BCUT2D eigenvalue weighted by molar-refractivity contribution is 0.0356. The number of aromatic nitrogens is 1. The SMILES string of the molecule is C[C@H](CO)N1C[C@H](C)[C@H](CN(C)C(=O)Nc2ccc3c(c2)OCO3)Oc2ncc(C#Cc3cccc(F)c3)cc2C1=O. The van der Waals surface area contributed by atoms with Crippen LogP contribution in [0.3, 0.4) is 0 Å². The highest BCUT2D eigenvalue weighted by Crippen LogP contribution is 2.34. The fourth-order valence-corrected chi connectivity index (χ4v) is 4.65. The Morgan fingerprint density at radius 3 is 2.76 bits per heavy atom. The van der Waals surface area contributed by atoms with Crippen molar-refractivity contribution < 1.29 is 33.3 Å². The molecule has 0 spiro atoms. The number of likely N-dealkylation sites (N-methyl/N-ethyl adjacent to an activating group) is 1.